The topological polar surface area (TPSA) is 104 Å². The smallest absolute Gasteiger partial charge is 0.258 e. The van der Waals surface area contributed by atoms with E-state index in [4.69, 9.17) is 4.52 Å². The Morgan fingerprint density at radius 1 is 1.17 bits per heavy atom. The quantitative estimate of drug-likeness (QED) is 0.688. The first-order chi connectivity index (χ1) is 14.2. The van der Waals surface area contributed by atoms with E-state index in [1.807, 2.05) is 30.3 Å². The van der Waals surface area contributed by atoms with Gasteiger partial charge in [0.2, 0.25) is 11.7 Å². The van der Waals surface area contributed by atoms with Crippen LogP contribution in [0.4, 0.5) is 11.4 Å². The van der Waals surface area contributed by atoms with Gasteiger partial charge in [-0.3, -0.25) is 4.79 Å². The van der Waals surface area contributed by atoms with Crippen molar-refractivity contribution in [2.75, 3.05) is 17.2 Å². The van der Waals surface area contributed by atoms with E-state index >= 15 is 0 Å². The summed E-state index contributed by atoms with van der Waals surface area (Å²) in [6, 6.07) is 13.5. The van der Waals surface area contributed by atoms with Crippen LogP contribution in [-0.2, 0) is 11.2 Å². The molecule has 1 aliphatic carbocycles. The van der Waals surface area contributed by atoms with E-state index in [2.05, 4.69) is 26.8 Å². The molecule has 1 saturated carbocycles. The first kappa shape index (κ1) is 17.4. The Morgan fingerprint density at radius 3 is 2.86 bits per heavy atom. The molecule has 3 aromatic rings. The zero-order chi connectivity index (χ0) is 19.8. The van der Waals surface area contributed by atoms with E-state index in [9.17, 15) is 10.1 Å². The third kappa shape index (κ3) is 3.57. The van der Waals surface area contributed by atoms with E-state index in [0.717, 1.165) is 41.4 Å². The predicted octanol–water partition coefficient (Wildman–Crippen LogP) is 3.98. The number of benzene rings is 2. The molecule has 144 valence electrons. The van der Waals surface area contributed by atoms with Crippen molar-refractivity contribution in [1.29, 1.82) is 5.26 Å². The summed E-state index contributed by atoms with van der Waals surface area (Å²) in [5.74, 6) is 1.54. The molecule has 2 aliphatic rings. The molecule has 0 unspecified atom stereocenters. The number of amides is 1. The third-order valence-electron chi connectivity index (χ3n) is 5.35. The molecule has 7 nitrogen and oxygen atoms in total. The van der Waals surface area contributed by atoms with Crippen LogP contribution in [0.2, 0.25) is 0 Å². The number of anilines is 2. The summed E-state index contributed by atoms with van der Waals surface area (Å²) in [5.41, 5.74) is 4.74. The summed E-state index contributed by atoms with van der Waals surface area (Å²) < 4.78 is 5.44. The number of nitriles is 1. The number of hydrogen-bond acceptors (Lipinski definition) is 6. The Kier molecular flexibility index (Phi) is 4.24. The van der Waals surface area contributed by atoms with Crippen LogP contribution in [0.25, 0.3) is 22.8 Å². The van der Waals surface area contributed by atoms with Crippen LogP contribution in [0, 0.1) is 17.2 Å². The van der Waals surface area contributed by atoms with Crippen molar-refractivity contribution in [3.8, 4) is 28.9 Å². The van der Waals surface area contributed by atoms with Gasteiger partial charge >= 0.3 is 0 Å². The van der Waals surface area contributed by atoms with Gasteiger partial charge in [0, 0.05) is 29.8 Å². The highest BCUT2D eigenvalue weighted by Crippen LogP contribution is 2.32. The molecule has 7 heteroatoms. The minimum atomic E-state index is 0.0165. The molecule has 1 fully saturated rings. The highest BCUT2D eigenvalue weighted by atomic mass is 16.5. The second-order valence-electron chi connectivity index (χ2n) is 7.54. The van der Waals surface area contributed by atoms with E-state index in [-0.39, 0.29) is 5.91 Å². The van der Waals surface area contributed by atoms with Gasteiger partial charge in [-0.2, -0.15) is 10.2 Å². The number of nitrogens with zero attached hydrogens (tertiary/aromatic N) is 3. The van der Waals surface area contributed by atoms with Crippen LogP contribution < -0.4 is 10.6 Å². The lowest BCUT2D eigenvalue weighted by atomic mass is 10.0. The number of carbonyl (C=O) groups excluding carboxylic acids is 1. The van der Waals surface area contributed by atoms with Gasteiger partial charge in [-0.25, -0.2) is 0 Å². The molecule has 1 aromatic heterocycles. The van der Waals surface area contributed by atoms with Gasteiger partial charge in [0.25, 0.3) is 5.89 Å². The molecule has 1 aliphatic heterocycles. The number of rotatable bonds is 5. The van der Waals surface area contributed by atoms with Crippen LogP contribution in [0.1, 0.15) is 30.4 Å². The second-order valence-corrected chi connectivity index (χ2v) is 7.54. The second kappa shape index (κ2) is 7.06. The van der Waals surface area contributed by atoms with Gasteiger partial charge < -0.3 is 15.2 Å². The molecule has 0 bridgehead atoms. The Balaban J connectivity index is 1.40. The van der Waals surface area contributed by atoms with Gasteiger partial charge in [-0.15, -0.1) is 0 Å². The van der Waals surface area contributed by atoms with Crippen LogP contribution in [-0.4, -0.2) is 22.6 Å². The van der Waals surface area contributed by atoms with Crippen molar-refractivity contribution in [3.63, 3.8) is 0 Å². The minimum absolute atomic E-state index is 0.0165. The lowest BCUT2D eigenvalue weighted by Crippen LogP contribution is -2.18. The van der Waals surface area contributed by atoms with Gasteiger partial charge in [0.1, 0.15) is 6.07 Å². The lowest BCUT2D eigenvalue weighted by Gasteiger charge is -2.16. The average molecular weight is 385 g/mol. The first-order valence-electron chi connectivity index (χ1n) is 9.75. The van der Waals surface area contributed by atoms with Crippen LogP contribution in [0.15, 0.2) is 40.9 Å². The number of carbonyl (C=O) groups is 1. The Morgan fingerprint density at radius 2 is 2.03 bits per heavy atom. The summed E-state index contributed by atoms with van der Waals surface area (Å²) in [5, 5.41) is 19.8. The van der Waals surface area contributed by atoms with Crippen molar-refractivity contribution in [2.24, 2.45) is 5.92 Å². The molecule has 2 N–H and O–H groups in total. The molecule has 1 amide bonds. The summed E-state index contributed by atoms with van der Waals surface area (Å²) in [7, 11) is 0. The highest BCUT2D eigenvalue weighted by molar-refractivity contribution is 5.94. The largest absolute Gasteiger partial charge is 0.384 e. The summed E-state index contributed by atoms with van der Waals surface area (Å²) in [6.45, 7) is 0.896. The van der Waals surface area contributed by atoms with Crippen molar-refractivity contribution >= 4 is 17.3 Å². The van der Waals surface area contributed by atoms with Crippen molar-refractivity contribution < 1.29 is 9.32 Å². The maximum atomic E-state index is 11.6. The summed E-state index contributed by atoms with van der Waals surface area (Å²) >= 11 is 0. The number of aromatic nitrogens is 2. The molecule has 2 heterocycles. The minimum Gasteiger partial charge on any atom is -0.384 e. The van der Waals surface area contributed by atoms with Crippen LogP contribution in [0.3, 0.4) is 0 Å². The number of nitrogens with one attached hydrogen (secondary N) is 2. The van der Waals surface area contributed by atoms with Crippen LogP contribution in [0.5, 0.6) is 0 Å². The van der Waals surface area contributed by atoms with E-state index < -0.39 is 0 Å². The van der Waals surface area contributed by atoms with Gasteiger partial charge in [0.15, 0.2) is 0 Å². The number of fused-ring (bicyclic) bond motifs is 1. The monoisotopic (exact) mass is 385 g/mol. The van der Waals surface area contributed by atoms with Gasteiger partial charge in [0.05, 0.1) is 11.3 Å². The lowest BCUT2D eigenvalue weighted by molar-refractivity contribution is -0.116. The summed E-state index contributed by atoms with van der Waals surface area (Å²) in [4.78, 5) is 16.1. The first-order valence-corrected chi connectivity index (χ1v) is 9.75. The van der Waals surface area contributed by atoms with Gasteiger partial charge in [-0.05, 0) is 55.0 Å². The van der Waals surface area contributed by atoms with Gasteiger partial charge in [-0.1, -0.05) is 17.3 Å². The molecule has 5 rings (SSSR count). The fourth-order valence-corrected chi connectivity index (χ4v) is 3.47. The maximum Gasteiger partial charge on any atom is 0.258 e. The van der Waals surface area contributed by atoms with E-state index in [0.29, 0.717) is 29.3 Å². The summed E-state index contributed by atoms with van der Waals surface area (Å²) in [6.07, 6.45) is 3.75. The number of hydrogen-bond donors (Lipinski definition) is 2. The van der Waals surface area contributed by atoms with Crippen LogP contribution >= 0.6 is 0 Å². The Bertz CT molecular complexity index is 1140. The fourth-order valence-electron chi connectivity index (χ4n) is 3.47. The van der Waals surface area contributed by atoms with Crippen molar-refractivity contribution in [2.45, 2.75) is 25.7 Å². The molecular formula is C22H19N5O2. The van der Waals surface area contributed by atoms with E-state index in [1.165, 1.54) is 12.8 Å². The zero-order valence-electron chi connectivity index (χ0n) is 15.7. The normalized spacial score (nSPS) is 15.3. The zero-order valence-corrected chi connectivity index (χ0v) is 15.7. The predicted molar refractivity (Wildman–Crippen MR) is 108 cm³/mol. The molecule has 0 radical (unpaired) electrons. The van der Waals surface area contributed by atoms with Crippen molar-refractivity contribution in [1.82, 2.24) is 10.1 Å². The van der Waals surface area contributed by atoms with E-state index in [1.54, 1.807) is 6.07 Å². The third-order valence-corrected chi connectivity index (χ3v) is 5.35. The fraction of sp³-hybridized carbons (Fsp3) is 0.273. The molecule has 0 spiro atoms. The highest BCUT2D eigenvalue weighted by Gasteiger charge is 2.21. The molecular weight excluding hydrogens is 366 g/mol. The molecule has 0 saturated heterocycles. The SMILES string of the molecule is N#Cc1cc(-c2nc(-c3ccc4c(c3)NC(=O)CC4)no2)ccc1NCC1CC1. The Labute approximate surface area is 167 Å². The average Bonchev–Trinajstić information content (AvgIpc) is 3.45. The number of aryl methyl sites for hydroxylation is 1. The van der Waals surface area contributed by atoms with Crippen molar-refractivity contribution in [3.05, 3.63) is 47.5 Å². The molecule has 0 atom stereocenters. The molecule has 29 heavy (non-hydrogen) atoms. The molecule has 2 aromatic carbocycles. The maximum absolute atomic E-state index is 11.6. The standard InChI is InChI=1S/C22H19N5O2/c23-11-17-9-16(5-7-18(17)24-12-13-1-2-13)22-26-21(27-29-22)15-4-3-14-6-8-20(28)25-19(14)10-15/h3-5,7,9-10,13,24H,1-2,6,8,12H2,(H,25,28). The Hall–Kier alpha value is -3.66.